The minimum atomic E-state index is 0.724. The Morgan fingerprint density at radius 3 is 1.76 bits per heavy atom. The molecule has 0 amide bonds. The lowest BCUT2D eigenvalue weighted by Gasteiger charge is -2.13. The van der Waals surface area contributed by atoms with Gasteiger partial charge in [-0.2, -0.15) is 0 Å². The second-order valence-corrected chi connectivity index (χ2v) is 9.06. The van der Waals surface area contributed by atoms with E-state index in [0.29, 0.717) is 0 Å². The van der Waals surface area contributed by atoms with E-state index in [1.165, 1.54) is 0 Å². The summed E-state index contributed by atoms with van der Waals surface area (Å²) >= 11 is 0. The molecule has 0 N–H and O–H groups in total. The van der Waals surface area contributed by atoms with Gasteiger partial charge in [0.1, 0.15) is 5.52 Å². The molecule has 0 unspecified atom stereocenters. The monoisotopic (exact) mass is 473 g/mol. The van der Waals surface area contributed by atoms with E-state index >= 15 is 0 Å². The predicted molar refractivity (Wildman–Crippen MR) is 153 cm³/mol. The van der Waals surface area contributed by atoms with E-state index in [1.54, 1.807) is 0 Å². The summed E-state index contributed by atoms with van der Waals surface area (Å²) in [5, 5.41) is 1.11. The fourth-order valence-electron chi connectivity index (χ4n) is 5.15. The normalized spacial score (nSPS) is 11.2. The van der Waals surface area contributed by atoms with Crippen molar-refractivity contribution in [3.05, 3.63) is 140 Å². The van der Waals surface area contributed by atoms with Crippen LogP contribution in [0.2, 0.25) is 0 Å². The molecule has 0 radical (unpaired) electrons. The predicted octanol–water partition coefficient (Wildman–Crippen LogP) is 8.57. The summed E-state index contributed by atoms with van der Waals surface area (Å²) < 4.78 is 2.29. The largest absolute Gasteiger partial charge is 0.306 e. The van der Waals surface area contributed by atoms with Gasteiger partial charge in [0.05, 0.1) is 16.7 Å². The van der Waals surface area contributed by atoms with E-state index in [0.717, 1.165) is 61.4 Å². The van der Waals surface area contributed by atoms with E-state index in [9.17, 15) is 0 Å². The van der Waals surface area contributed by atoms with E-state index in [-0.39, 0.29) is 0 Å². The number of fused-ring (bicyclic) bond motifs is 3. The van der Waals surface area contributed by atoms with Gasteiger partial charge in [0.2, 0.25) is 0 Å². The van der Waals surface area contributed by atoms with Crippen molar-refractivity contribution >= 4 is 21.9 Å². The first-order chi connectivity index (χ1) is 18.4. The Balaban J connectivity index is 1.62. The number of rotatable bonds is 4. The van der Waals surface area contributed by atoms with Crippen LogP contribution in [-0.2, 0) is 0 Å². The molecular formula is C34H23N3. The fourth-order valence-corrected chi connectivity index (χ4v) is 5.15. The van der Waals surface area contributed by atoms with Crippen LogP contribution in [0.25, 0.3) is 61.4 Å². The molecule has 37 heavy (non-hydrogen) atoms. The van der Waals surface area contributed by atoms with Gasteiger partial charge in [-0.25, -0.2) is 9.97 Å². The van der Waals surface area contributed by atoms with Gasteiger partial charge in [0.25, 0.3) is 0 Å². The standard InChI is InChI=1S/C34H23N3/c1-4-14-24(15-5-1)27-20-10-11-21-28(27)34-35-31(25-16-6-2-7-17-25)33-32(36-34)29-22-12-13-23-30(29)37(33)26-18-8-3-9-19-26/h1-23H. The molecule has 0 fully saturated rings. The summed E-state index contributed by atoms with van der Waals surface area (Å²) in [5.74, 6) is 0.724. The van der Waals surface area contributed by atoms with Crippen molar-refractivity contribution in [2.45, 2.75) is 0 Å². The molecule has 0 saturated heterocycles. The van der Waals surface area contributed by atoms with Crippen LogP contribution in [-0.4, -0.2) is 14.5 Å². The molecule has 5 aromatic carbocycles. The highest BCUT2D eigenvalue weighted by Crippen LogP contribution is 2.39. The average Bonchev–Trinajstić information content (AvgIpc) is 3.32. The quantitative estimate of drug-likeness (QED) is 0.256. The zero-order chi connectivity index (χ0) is 24.6. The third kappa shape index (κ3) is 3.60. The molecule has 0 saturated carbocycles. The molecule has 3 nitrogen and oxygen atoms in total. The molecule has 0 aliphatic carbocycles. The minimum Gasteiger partial charge on any atom is -0.306 e. The maximum absolute atomic E-state index is 5.28. The number of para-hydroxylation sites is 2. The lowest BCUT2D eigenvalue weighted by Crippen LogP contribution is -2.00. The summed E-state index contributed by atoms with van der Waals surface area (Å²) in [7, 11) is 0. The number of hydrogen-bond donors (Lipinski definition) is 0. The average molecular weight is 474 g/mol. The van der Waals surface area contributed by atoms with Crippen molar-refractivity contribution in [3.63, 3.8) is 0 Å². The maximum atomic E-state index is 5.28. The SMILES string of the molecule is c1ccc(-c2ccccc2-c2nc(-c3ccccc3)c3c(n2)c2ccccc2n3-c2ccccc2)cc1. The first-order valence-corrected chi connectivity index (χ1v) is 12.5. The fraction of sp³-hybridized carbons (Fsp3) is 0. The molecule has 174 valence electrons. The van der Waals surface area contributed by atoms with Crippen molar-refractivity contribution < 1.29 is 0 Å². The van der Waals surface area contributed by atoms with Crippen LogP contribution in [0.4, 0.5) is 0 Å². The minimum absolute atomic E-state index is 0.724. The third-order valence-electron chi connectivity index (χ3n) is 6.82. The first kappa shape index (κ1) is 21.3. The third-order valence-corrected chi connectivity index (χ3v) is 6.82. The van der Waals surface area contributed by atoms with E-state index in [2.05, 4.69) is 126 Å². The van der Waals surface area contributed by atoms with Crippen molar-refractivity contribution in [2.75, 3.05) is 0 Å². The number of hydrogen-bond acceptors (Lipinski definition) is 2. The zero-order valence-corrected chi connectivity index (χ0v) is 20.1. The van der Waals surface area contributed by atoms with Gasteiger partial charge in [-0.15, -0.1) is 0 Å². The van der Waals surface area contributed by atoms with Crippen molar-refractivity contribution in [1.82, 2.24) is 14.5 Å². The molecule has 0 spiro atoms. The molecule has 0 aliphatic rings. The van der Waals surface area contributed by atoms with Gasteiger partial charge in [-0.1, -0.05) is 121 Å². The van der Waals surface area contributed by atoms with Crippen molar-refractivity contribution in [2.24, 2.45) is 0 Å². The summed E-state index contributed by atoms with van der Waals surface area (Å²) in [6.45, 7) is 0. The highest BCUT2D eigenvalue weighted by molar-refractivity contribution is 6.11. The molecular weight excluding hydrogens is 450 g/mol. The van der Waals surface area contributed by atoms with Crippen LogP contribution in [0.15, 0.2) is 140 Å². The van der Waals surface area contributed by atoms with E-state index in [4.69, 9.17) is 9.97 Å². The molecule has 7 aromatic rings. The van der Waals surface area contributed by atoms with E-state index < -0.39 is 0 Å². The second kappa shape index (κ2) is 8.89. The summed E-state index contributed by atoms with van der Waals surface area (Å²) in [6.07, 6.45) is 0. The smallest absolute Gasteiger partial charge is 0.161 e. The zero-order valence-electron chi connectivity index (χ0n) is 20.1. The van der Waals surface area contributed by atoms with Crippen molar-refractivity contribution in [1.29, 1.82) is 0 Å². The van der Waals surface area contributed by atoms with Crippen LogP contribution >= 0.6 is 0 Å². The van der Waals surface area contributed by atoms with Gasteiger partial charge in [-0.3, -0.25) is 0 Å². The van der Waals surface area contributed by atoms with Gasteiger partial charge in [-0.05, 0) is 29.3 Å². The Labute approximate surface area is 215 Å². The van der Waals surface area contributed by atoms with Crippen LogP contribution in [0.3, 0.4) is 0 Å². The number of benzene rings is 5. The number of aromatic nitrogens is 3. The Hall–Kier alpha value is -5.02. The van der Waals surface area contributed by atoms with Gasteiger partial charge < -0.3 is 4.57 Å². The molecule has 0 bridgehead atoms. The Bertz CT molecular complexity index is 1850. The summed E-state index contributed by atoms with van der Waals surface area (Å²) in [4.78, 5) is 10.5. The molecule has 7 rings (SSSR count). The Kier molecular flexibility index (Phi) is 5.11. The van der Waals surface area contributed by atoms with Crippen LogP contribution in [0.5, 0.6) is 0 Å². The Morgan fingerprint density at radius 1 is 0.459 bits per heavy atom. The van der Waals surface area contributed by atoms with Crippen LogP contribution in [0, 0.1) is 0 Å². The van der Waals surface area contributed by atoms with Crippen molar-refractivity contribution in [3.8, 4) is 39.5 Å². The number of nitrogens with zero attached hydrogens (tertiary/aromatic N) is 3. The maximum Gasteiger partial charge on any atom is 0.161 e. The van der Waals surface area contributed by atoms with E-state index in [1.807, 2.05) is 18.2 Å². The lowest BCUT2D eigenvalue weighted by molar-refractivity contribution is 1.15. The van der Waals surface area contributed by atoms with Crippen LogP contribution in [0.1, 0.15) is 0 Å². The van der Waals surface area contributed by atoms with Gasteiger partial charge in [0.15, 0.2) is 5.82 Å². The highest BCUT2D eigenvalue weighted by atomic mass is 15.0. The molecule has 3 heteroatoms. The highest BCUT2D eigenvalue weighted by Gasteiger charge is 2.21. The van der Waals surface area contributed by atoms with Gasteiger partial charge >= 0.3 is 0 Å². The molecule has 2 heterocycles. The topological polar surface area (TPSA) is 30.7 Å². The first-order valence-electron chi connectivity index (χ1n) is 12.5. The lowest BCUT2D eigenvalue weighted by atomic mass is 9.99. The van der Waals surface area contributed by atoms with Crippen LogP contribution < -0.4 is 0 Å². The summed E-state index contributed by atoms with van der Waals surface area (Å²) in [6, 6.07) is 48.2. The second-order valence-electron chi connectivity index (χ2n) is 9.06. The summed E-state index contributed by atoms with van der Waals surface area (Å²) in [5.41, 5.74) is 9.44. The molecule has 0 atom stereocenters. The van der Waals surface area contributed by atoms with Gasteiger partial charge in [0, 0.05) is 22.2 Å². The molecule has 0 aliphatic heterocycles. The molecule has 2 aromatic heterocycles. The Morgan fingerprint density at radius 2 is 1.03 bits per heavy atom.